The Morgan fingerprint density at radius 1 is 1.19 bits per heavy atom. The van der Waals surface area contributed by atoms with Crippen LogP contribution in [-0.4, -0.2) is 11.4 Å². The number of alkyl halides is 2. The van der Waals surface area contributed by atoms with Crippen LogP contribution in [0, 0.1) is 0 Å². The maximum Gasteiger partial charge on any atom is 0.240 e. The van der Waals surface area contributed by atoms with Crippen molar-refractivity contribution >= 4 is 10.9 Å². The zero-order chi connectivity index (χ0) is 11.5. The molecule has 2 aromatic rings. The fourth-order valence-electron chi connectivity index (χ4n) is 1.76. The van der Waals surface area contributed by atoms with Gasteiger partial charge in [0.15, 0.2) is 0 Å². The van der Waals surface area contributed by atoms with E-state index in [-0.39, 0.29) is 6.42 Å². The van der Waals surface area contributed by atoms with Crippen LogP contribution in [0.2, 0.25) is 0 Å². The fraction of sp³-hybridized carbons (Fsp3) is 0.250. The normalized spacial score (nSPS) is 13.2. The second kappa shape index (κ2) is 4.53. The van der Waals surface area contributed by atoms with E-state index in [1.54, 1.807) is 12.3 Å². The Morgan fingerprint density at radius 3 is 2.69 bits per heavy atom. The van der Waals surface area contributed by atoms with E-state index in [4.69, 9.17) is 5.73 Å². The molecule has 0 saturated carbocycles. The highest BCUT2D eigenvalue weighted by molar-refractivity contribution is 5.82. The van der Waals surface area contributed by atoms with Crippen LogP contribution in [0.3, 0.4) is 0 Å². The Bertz CT molecular complexity index is 480. The lowest BCUT2D eigenvalue weighted by Gasteiger charge is -2.13. The summed E-state index contributed by atoms with van der Waals surface area (Å²) < 4.78 is 24.6. The zero-order valence-electron chi connectivity index (χ0n) is 8.61. The molecule has 1 aromatic heterocycles. The lowest BCUT2D eigenvalue weighted by atomic mass is 10.0. The van der Waals surface area contributed by atoms with E-state index < -0.39 is 12.5 Å². The third kappa shape index (κ3) is 2.17. The van der Waals surface area contributed by atoms with E-state index in [1.165, 1.54) is 0 Å². The van der Waals surface area contributed by atoms with Gasteiger partial charge in [-0.2, -0.15) is 0 Å². The van der Waals surface area contributed by atoms with E-state index in [0.717, 1.165) is 16.5 Å². The average Bonchev–Trinajstić information content (AvgIpc) is 2.27. The second-order valence-corrected chi connectivity index (χ2v) is 3.65. The molecular weight excluding hydrogens is 210 g/mol. The number of nitrogens with two attached hydrogens (primary N) is 1. The van der Waals surface area contributed by atoms with E-state index in [1.807, 2.05) is 24.3 Å². The molecule has 2 N–H and O–H groups in total. The van der Waals surface area contributed by atoms with Crippen LogP contribution in [0.15, 0.2) is 36.5 Å². The SMILES string of the molecule is N[C@H](CC(F)F)c1ccnc2ccccc12. The van der Waals surface area contributed by atoms with Gasteiger partial charge in [-0.1, -0.05) is 18.2 Å². The van der Waals surface area contributed by atoms with Gasteiger partial charge in [0.25, 0.3) is 0 Å². The van der Waals surface area contributed by atoms with Crippen molar-refractivity contribution in [2.24, 2.45) is 5.73 Å². The number of para-hydroxylation sites is 1. The summed E-state index contributed by atoms with van der Waals surface area (Å²) in [5.74, 6) is 0. The lowest BCUT2D eigenvalue weighted by Crippen LogP contribution is -2.14. The quantitative estimate of drug-likeness (QED) is 0.867. The maximum atomic E-state index is 12.3. The molecule has 1 aromatic carbocycles. The van der Waals surface area contributed by atoms with Crippen molar-refractivity contribution < 1.29 is 8.78 Å². The first kappa shape index (κ1) is 11.0. The Kier molecular flexibility index (Phi) is 3.10. The summed E-state index contributed by atoms with van der Waals surface area (Å²) in [5, 5.41) is 0.846. The summed E-state index contributed by atoms with van der Waals surface area (Å²) >= 11 is 0. The summed E-state index contributed by atoms with van der Waals surface area (Å²) in [6.07, 6.45) is -1.11. The number of halogens is 2. The minimum Gasteiger partial charge on any atom is -0.324 e. The van der Waals surface area contributed by atoms with Crippen molar-refractivity contribution in [1.82, 2.24) is 4.98 Å². The van der Waals surface area contributed by atoms with Gasteiger partial charge in [0.2, 0.25) is 6.43 Å². The third-order valence-corrected chi connectivity index (χ3v) is 2.51. The molecule has 2 nitrogen and oxygen atoms in total. The van der Waals surface area contributed by atoms with Crippen molar-refractivity contribution in [3.05, 3.63) is 42.1 Å². The lowest BCUT2D eigenvalue weighted by molar-refractivity contribution is 0.128. The van der Waals surface area contributed by atoms with Crippen molar-refractivity contribution in [3.63, 3.8) is 0 Å². The van der Waals surface area contributed by atoms with Crippen molar-refractivity contribution in [2.45, 2.75) is 18.9 Å². The second-order valence-electron chi connectivity index (χ2n) is 3.65. The molecule has 0 spiro atoms. The molecular formula is C12H12F2N2. The van der Waals surface area contributed by atoms with Crippen LogP contribution >= 0.6 is 0 Å². The summed E-state index contributed by atoms with van der Waals surface area (Å²) in [6, 6.07) is 8.46. The van der Waals surface area contributed by atoms with Crippen LogP contribution in [0.5, 0.6) is 0 Å². The van der Waals surface area contributed by atoms with Gasteiger partial charge in [0.05, 0.1) is 5.52 Å². The fourth-order valence-corrected chi connectivity index (χ4v) is 1.76. The van der Waals surface area contributed by atoms with Crippen molar-refractivity contribution in [3.8, 4) is 0 Å². The number of hydrogen-bond donors (Lipinski definition) is 1. The highest BCUT2D eigenvalue weighted by atomic mass is 19.3. The standard InChI is InChI=1S/C12H12F2N2/c13-12(14)7-10(15)8-5-6-16-11-4-2-1-3-9(8)11/h1-6,10,12H,7,15H2/t10-/m1/s1. The summed E-state index contributed by atoms with van der Waals surface area (Å²) in [7, 11) is 0. The van der Waals surface area contributed by atoms with Crippen LogP contribution in [0.4, 0.5) is 8.78 Å². The van der Waals surface area contributed by atoms with Gasteiger partial charge in [-0.05, 0) is 17.7 Å². The molecule has 2 rings (SSSR count). The molecule has 1 atom stereocenters. The molecule has 0 unspecified atom stereocenters. The molecule has 84 valence electrons. The molecule has 0 aliphatic carbocycles. The Balaban J connectivity index is 2.44. The van der Waals surface area contributed by atoms with Gasteiger partial charge < -0.3 is 5.73 Å². The Morgan fingerprint density at radius 2 is 1.94 bits per heavy atom. The highest BCUT2D eigenvalue weighted by Gasteiger charge is 2.15. The van der Waals surface area contributed by atoms with Gasteiger partial charge in [-0.3, -0.25) is 4.98 Å². The predicted molar refractivity (Wildman–Crippen MR) is 59.3 cm³/mol. The minimum atomic E-state index is -2.39. The Hall–Kier alpha value is -1.55. The van der Waals surface area contributed by atoms with Gasteiger partial charge in [0, 0.05) is 24.0 Å². The summed E-state index contributed by atoms with van der Waals surface area (Å²) in [4.78, 5) is 4.16. The van der Waals surface area contributed by atoms with Gasteiger partial charge in [-0.25, -0.2) is 8.78 Å². The van der Waals surface area contributed by atoms with Gasteiger partial charge in [0.1, 0.15) is 0 Å². The monoisotopic (exact) mass is 222 g/mol. The molecule has 4 heteroatoms. The first-order valence-electron chi connectivity index (χ1n) is 5.06. The average molecular weight is 222 g/mol. The van der Waals surface area contributed by atoms with Crippen LogP contribution < -0.4 is 5.73 Å². The molecule has 0 saturated heterocycles. The number of rotatable bonds is 3. The number of aromatic nitrogens is 1. The number of hydrogen-bond acceptors (Lipinski definition) is 2. The molecule has 0 radical (unpaired) electrons. The smallest absolute Gasteiger partial charge is 0.240 e. The molecule has 0 bridgehead atoms. The summed E-state index contributed by atoms with van der Waals surface area (Å²) in [6.45, 7) is 0. The zero-order valence-corrected chi connectivity index (χ0v) is 8.61. The van der Waals surface area contributed by atoms with Crippen LogP contribution in [0.25, 0.3) is 10.9 Å². The number of nitrogens with zero attached hydrogens (tertiary/aromatic N) is 1. The number of benzene rings is 1. The minimum absolute atomic E-state index is 0.325. The largest absolute Gasteiger partial charge is 0.324 e. The molecule has 16 heavy (non-hydrogen) atoms. The van der Waals surface area contributed by atoms with Crippen molar-refractivity contribution in [1.29, 1.82) is 0 Å². The molecule has 0 aliphatic heterocycles. The third-order valence-electron chi connectivity index (χ3n) is 2.51. The maximum absolute atomic E-state index is 12.3. The molecule has 1 heterocycles. The molecule has 0 aliphatic rings. The first-order chi connectivity index (χ1) is 7.68. The van der Waals surface area contributed by atoms with E-state index >= 15 is 0 Å². The van der Waals surface area contributed by atoms with Gasteiger partial charge in [-0.15, -0.1) is 0 Å². The van der Waals surface area contributed by atoms with E-state index in [0.29, 0.717) is 0 Å². The summed E-state index contributed by atoms with van der Waals surface area (Å²) in [5.41, 5.74) is 7.26. The van der Waals surface area contributed by atoms with Crippen LogP contribution in [-0.2, 0) is 0 Å². The number of pyridine rings is 1. The molecule has 0 amide bonds. The van der Waals surface area contributed by atoms with E-state index in [9.17, 15) is 8.78 Å². The highest BCUT2D eigenvalue weighted by Crippen LogP contribution is 2.24. The van der Waals surface area contributed by atoms with Gasteiger partial charge >= 0.3 is 0 Å². The molecule has 0 fully saturated rings. The topological polar surface area (TPSA) is 38.9 Å². The van der Waals surface area contributed by atoms with Crippen molar-refractivity contribution in [2.75, 3.05) is 0 Å². The number of fused-ring (bicyclic) bond motifs is 1. The Labute approximate surface area is 92.1 Å². The van der Waals surface area contributed by atoms with Crippen LogP contribution in [0.1, 0.15) is 18.0 Å². The first-order valence-corrected chi connectivity index (χ1v) is 5.06. The van der Waals surface area contributed by atoms with E-state index in [2.05, 4.69) is 4.98 Å². The predicted octanol–water partition coefficient (Wildman–Crippen LogP) is 2.89.